The Kier molecular flexibility index (Phi) is 5.41. The molecule has 0 unspecified atom stereocenters. The summed E-state index contributed by atoms with van der Waals surface area (Å²) in [5, 5.41) is 0. The minimum Gasteiger partial charge on any atom is -0.469 e. The van der Waals surface area contributed by atoms with Crippen LogP contribution in [0.4, 0.5) is 8.78 Å². The molecule has 6 heteroatoms. The van der Waals surface area contributed by atoms with Gasteiger partial charge in [-0.15, -0.1) is 0 Å². The number of likely N-dealkylation sites (N-methyl/N-ethyl adjacent to an activating group) is 1. The van der Waals surface area contributed by atoms with Gasteiger partial charge in [0.2, 0.25) is 5.91 Å². The van der Waals surface area contributed by atoms with E-state index in [1.807, 2.05) is 0 Å². The molecule has 1 aromatic carbocycles. The van der Waals surface area contributed by atoms with Gasteiger partial charge in [-0.2, -0.15) is 0 Å². The molecule has 0 heterocycles. The molecule has 0 bridgehead atoms. The van der Waals surface area contributed by atoms with E-state index in [-0.39, 0.29) is 30.9 Å². The normalized spacial score (nSPS) is 10.1. The van der Waals surface area contributed by atoms with Crippen LogP contribution in [-0.2, 0) is 20.7 Å². The Morgan fingerprint density at radius 2 is 2.00 bits per heavy atom. The lowest BCUT2D eigenvalue weighted by Gasteiger charge is -2.16. The average Bonchev–Trinajstić information content (AvgIpc) is 2.38. The Balaban J connectivity index is 2.56. The number of carbonyl (C=O) groups is 2. The topological polar surface area (TPSA) is 46.6 Å². The molecule has 0 aliphatic rings. The summed E-state index contributed by atoms with van der Waals surface area (Å²) in [5.74, 6) is -2.22. The van der Waals surface area contributed by atoms with E-state index < -0.39 is 17.6 Å². The Hall–Kier alpha value is -1.98. The summed E-state index contributed by atoms with van der Waals surface area (Å²) in [6.45, 7) is 0.189. The maximum Gasteiger partial charge on any atom is 0.307 e. The van der Waals surface area contributed by atoms with Gasteiger partial charge >= 0.3 is 5.97 Å². The second-order valence-corrected chi connectivity index (χ2v) is 4.05. The minimum absolute atomic E-state index is 0.0740. The molecule has 19 heavy (non-hydrogen) atoms. The summed E-state index contributed by atoms with van der Waals surface area (Å²) in [5.41, 5.74) is 0.122. The van der Waals surface area contributed by atoms with Crippen LogP contribution in [0.2, 0.25) is 0 Å². The van der Waals surface area contributed by atoms with Gasteiger partial charge in [-0.3, -0.25) is 9.59 Å². The molecule has 0 aliphatic heterocycles. The Labute approximate surface area is 110 Å². The molecule has 0 aliphatic carbocycles. The molecule has 1 aromatic rings. The number of amides is 1. The van der Waals surface area contributed by atoms with Crippen LogP contribution in [0.5, 0.6) is 0 Å². The number of esters is 1. The molecule has 0 N–H and O–H groups in total. The number of halogens is 2. The predicted octanol–water partition coefficient (Wildman–Crippen LogP) is 1.53. The first kappa shape index (κ1) is 15.1. The first-order valence-electron chi connectivity index (χ1n) is 5.68. The van der Waals surface area contributed by atoms with Crippen LogP contribution in [-0.4, -0.2) is 37.5 Å². The van der Waals surface area contributed by atoms with Crippen LogP contribution < -0.4 is 0 Å². The van der Waals surface area contributed by atoms with Gasteiger partial charge in [-0.25, -0.2) is 8.78 Å². The monoisotopic (exact) mass is 271 g/mol. The van der Waals surface area contributed by atoms with Crippen molar-refractivity contribution in [2.45, 2.75) is 12.8 Å². The van der Waals surface area contributed by atoms with Gasteiger partial charge in [0.05, 0.1) is 20.0 Å². The number of hydrogen-bond acceptors (Lipinski definition) is 3. The van der Waals surface area contributed by atoms with E-state index in [0.717, 1.165) is 12.1 Å². The van der Waals surface area contributed by atoms with Gasteiger partial charge in [-0.05, 0) is 11.6 Å². The molecule has 1 rings (SSSR count). The molecular weight excluding hydrogens is 256 g/mol. The number of ether oxygens (including phenoxy) is 1. The van der Waals surface area contributed by atoms with Crippen molar-refractivity contribution >= 4 is 11.9 Å². The Bertz CT molecular complexity index is 477. The van der Waals surface area contributed by atoms with Gasteiger partial charge in [0.1, 0.15) is 11.6 Å². The fraction of sp³-hybridized carbons (Fsp3) is 0.385. The van der Waals surface area contributed by atoms with E-state index in [9.17, 15) is 18.4 Å². The number of benzene rings is 1. The van der Waals surface area contributed by atoms with Crippen molar-refractivity contribution in [1.82, 2.24) is 4.90 Å². The Morgan fingerprint density at radius 3 is 2.58 bits per heavy atom. The van der Waals surface area contributed by atoms with E-state index >= 15 is 0 Å². The molecule has 1 amide bonds. The smallest absolute Gasteiger partial charge is 0.307 e. The van der Waals surface area contributed by atoms with E-state index in [2.05, 4.69) is 4.74 Å². The van der Waals surface area contributed by atoms with Crippen LogP contribution >= 0.6 is 0 Å². The van der Waals surface area contributed by atoms with Crippen LogP contribution in [0.15, 0.2) is 18.2 Å². The van der Waals surface area contributed by atoms with Gasteiger partial charge in [0.25, 0.3) is 0 Å². The quantitative estimate of drug-likeness (QED) is 0.763. The van der Waals surface area contributed by atoms with E-state index in [4.69, 9.17) is 0 Å². The van der Waals surface area contributed by atoms with Crippen LogP contribution in [0, 0.1) is 11.6 Å². The molecule has 0 fully saturated rings. The third-order valence-electron chi connectivity index (χ3n) is 2.66. The highest BCUT2D eigenvalue weighted by molar-refractivity contribution is 5.79. The zero-order valence-electron chi connectivity index (χ0n) is 10.8. The highest BCUT2D eigenvalue weighted by Gasteiger charge is 2.14. The summed E-state index contributed by atoms with van der Waals surface area (Å²) in [4.78, 5) is 24.0. The number of rotatable bonds is 5. The fourth-order valence-electron chi connectivity index (χ4n) is 1.45. The van der Waals surface area contributed by atoms with Crippen molar-refractivity contribution in [3.8, 4) is 0 Å². The van der Waals surface area contributed by atoms with Gasteiger partial charge in [-0.1, -0.05) is 6.07 Å². The van der Waals surface area contributed by atoms with Crippen molar-refractivity contribution in [1.29, 1.82) is 0 Å². The van der Waals surface area contributed by atoms with Gasteiger partial charge in [0, 0.05) is 19.7 Å². The second kappa shape index (κ2) is 6.82. The first-order chi connectivity index (χ1) is 8.93. The second-order valence-electron chi connectivity index (χ2n) is 4.05. The van der Waals surface area contributed by atoms with Crippen LogP contribution in [0.25, 0.3) is 0 Å². The number of methoxy groups -OCH3 is 1. The highest BCUT2D eigenvalue weighted by atomic mass is 19.1. The molecular formula is C13H15F2NO3. The van der Waals surface area contributed by atoms with E-state index in [1.54, 1.807) is 0 Å². The summed E-state index contributed by atoms with van der Waals surface area (Å²) in [6.07, 6.45) is -0.103. The average molecular weight is 271 g/mol. The number of carbonyl (C=O) groups excluding carboxylic acids is 2. The third kappa shape index (κ3) is 4.65. The maximum absolute atomic E-state index is 13.4. The summed E-state index contributed by atoms with van der Waals surface area (Å²) in [6, 6.07) is 3.06. The number of hydrogen-bond donors (Lipinski definition) is 0. The van der Waals surface area contributed by atoms with Crippen molar-refractivity contribution in [3.05, 3.63) is 35.4 Å². The number of nitrogens with zero attached hydrogens (tertiary/aromatic N) is 1. The van der Waals surface area contributed by atoms with Crippen molar-refractivity contribution in [3.63, 3.8) is 0 Å². The van der Waals surface area contributed by atoms with Crippen molar-refractivity contribution < 1.29 is 23.1 Å². The highest BCUT2D eigenvalue weighted by Crippen LogP contribution is 2.11. The van der Waals surface area contributed by atoms with Gasteiger partial charge < -0.3 is 9.64 Å². The molecule has 4 nitrogen and oxygen atoms in total. The largest absolute Gasteiger partial charge is 0.469 e. The molecule has 104 valence electrons. The van der Waals surface area contributed by atoms with Gasteiger partial charge in [0.15, 0.2) is 0 Å². The molecule has 0 aromatic heterocycles. The maximum atomic E-state index is 13.4. The summed E-state index contributed by atoms with van der Waals surface area (Å²) in [7, 11) is 2.77. The fourth-order valence-corrected chi connectivity index (χ4v) is 1.45. The lowest BCUT2D eigenvalue weighted by Crippen LogP contribution is -2.30. The van der Waals surface area contributed by atoms with E-state index in [0.29, 0.717) is 0 Å². The molecule has 0 saturated heterocycles. The Morgan fingerprint density at radius 1 is 1.32 bits per heavy atom. The molecule has 0 saturated carbocycles. The molecule has 0 spiro atoms. The zero-order chi connectivity index (χ0) is 14.4. The zero-order valence-corrected chi connectivity index (χ0v) is 10.8. The van der Waals surface area contributed by atoms with Crippen LogP contribution in [0.3, 0.4) is 0 Å². The summed E-state index contributed by atoms with van der Waals surface area (Å²) < 4.78 is 30.5. The van der Waals surface area contributed by atoms with Crippen LogP contribution in [0.1, 0.15) is 12.0 Å². The third-order valence-corrected chi connectivity index (χ3v) is 2.66. The van der Waals surface area contributed by atoms with E-state index in [1.165, 1.54) is 25.1 Å². The standard InChI is InChI=1S/C13H15F2NO3/c1-16(6-5-13(18)19-2)12(17)7-9-3-4-10(14)8-11(9)15/h3-4,8H,5-7H2,1-2H3. The van der Waals surface area contributed by atoms with Crippen molar-refractivity contribution in [2.75, 3.05) is 20.7 Å². The lowest BCUT2D eigenvalue weighted by atomic mass is 10.1. The summed E-state index contributed by atoms with van der Waals surface area (Å²) >= 11 is 0. The lowest BCUT2D eigenvalue weighted by molar-refractivity contribution is -0.141. The predicted molar refractivity (Wildman–Crippen MR) is 64.3 cm³/mol. The minimum atomic E-state index is -0.755. The SMILES string of the molecule is COC(=O)CCN(C)C(=O)Cc1ccc(F)cc1F. The molecule has 0 radical (unpaired) electrons. The van der Waals surface area contributed by atoms with Crippen molar-refractivity contribution in [2.24, 2.45) is 0 Å². The molecule has 0 atom stereocenters. The first-order valence-corrected chi connectivity index (χ1v) is 5.68.